The number of nitrogens with two attached hydrogens (primary N) is 1. The number of rotatable bonds is 8. The van der Waals surface area contributed by atoms with E-state index in [1.807, 2.05) is 12.3 Å². The van der Waals surface area contributed by atoms with Gasteiger partial charge in [0.25, 0.3) is 0 Å². The molecule has 4 nitrogen and oxygen atoms in total. The van der Waals surface area contributed by atoms with Crippen molar-refractivity contribution in [2.45, 2.75) is 64.3 Å². The van der Waals surface area contributed by atoms with Gasteiger partial charge in [-0.1, -0.05) is 39.0 Å². The molecule has 0 aliphatic carbocycles. The SMILES string of the molecule is CCCCCCCCN1CCC(n2ccc(N)n2)CC1. The fourth-order valence-electron chi connectivity index (χ4n) is 3.08. The van der Waals surface area contributed by atoms with Crippen molar-refractivity contribution >= 4 is 5.82 Å². The Kier molecular flexibility index (Phi) is 6.37. The van der Waals surface area contributed by atoms with E-state index in [2.05, 4.69) is 21.6 Å². The molecule has 0 atom stereocenters. The van der Waals surface area contributed by atoms with Crippen LogP contribution in [0.3, 0.4) is 0 Å². The van der Waals surface area contributed by atoms with Gasteiger partial charge in [0.2, 0.25) is 0 Å². The molecule has 114 valence electrons. The lowest BCUT2D eigenvalue weighted by atomic mass is 10.0. The molecule has 1 aromatic heterocycles. The second-order valence-electron chi connectivity index (χ2n) is 6.06. The zero-order chi connectivity index (χ0) is 14.2. The summed E-state index contributed by atoms with van der Waals surface area (Å²) >= 11 is 0. The Bertz CT molecular complexity index is 366. The van der Waals surface area contributed by atoms with E-state index >= 15 is 0 Å². The molecule has 4 heteroatoms. The third kappa shape index (κ3) is 4.82. The molecule has 1 aliphatic rings. The largest absolute Gasteiger partial charge is 0.382 e. The molecule has 2 heterocycles. The van der Waals surface area contributed by atoms with E-state index in [-0.39, 0.29) is 0 Å². The fraction of sp³-hybridized carbons (Fsp3) is 0.812. The smallest absolute Gasteiger partial charge is 0.145 e. The molecule has 0 amide bonds. The zero-order valence-corrected chi connectivity index (χ0v) is 12.9. The molecule has 20 heavy (non-hydrogen) atoms. The molecule has 0 saturated carbocycles. The predicted octanol–water partition coefficient (Wildman–Crippen LogP) is 3.46. The number of likely N-dealkylation sites (tertiary alicyclic amines) is 1. The van der Waals surface area contributed by atoms with Crippen molar-refractivity contribution in [2.24, 2.45) is 0 Å². The van der Waals surface area contributed by atoms with E-state index in [9.17, 15) is 0 Å². The van der Waals surface area contributed by atoms with Crippen molar-refractivity contribution in [1.82, 2.24) is 14.7 Å². The van der Waals surface area contributed by atoms with Gasteiger partial charge in [-0.3, -0.25) is 4.68 Å². The Morgan fingerprint density at radius 2 is 1.85 bits per heavy atom. The number of unbranched alkanes of at least 4 members (excludes halogenated alkanes) is 5. The van der Waals surface area contributed by atoms with E-state index in [4.69, 9.17) is 5.73 Å². The van der Waals surface area contributed by atoms with Crippen LogP contribution in [0.2, 0.25) is 0 Å². The molecule has 0 aromatic carbocycles. The lowest BCUT2D eigenvalue weighted by molar-refractivity contribution is 0.177. The van der Waals surface area contributed by atoms with Crippen LogP contribution in [-0.2, 0) is 0 Å². The third-order valence-electron chi connectivity index (χ3n) is 4.39. The first kappa shape index (κ1) is 15.4. The van der Waals surface area contributed by atoms with Gasteiger partial charge >= 0.3 is 0 Å². The fourth-order valence-corrected chi connectivity index (χ4v) is 3.08. The summed E-state index contributed by atoms with van der Waals surface area (Å²) in [6, 6.07) is 2.44. The quantitative estimate of drug-likeness (QED) is 0.741. The first-order chi connectivity index (χ1) is 9.79. The van der Waals surface area contributed by atoms with Gasteiger partial charge in [-0.25, -0.2) is 0 Å². The number of aromatic nitrogens is 2. The van der Waals surface area contributed by atoms with Crippen LogP contribution in [0.1, 0.15) is 64.3 Å². The molecule has 1 aromatic rings. The van der Waals surface area contributed by atoms with Gasteiger partial charge in [-0.2, -0.15) is 5.10 Å². The molecule has 0 bridgehead atoms. The van der Waals surface area contributed by atoms with Crippen LogP contribution in [0.5, 0.6) is 0 Å². The average molecular weight is 278 g/mol. The van der Waals surface area contributed by atoms with Gasteiger partial charge in [0.05, 0.1) is 6.04 Å². The van der Waals surface area contributed by atoms with Gasteiger partial charge in [0.1, 0.15) is 5.82 Å². The highest BCUT2D eigenvalue weighted by molar-refractivity contribution is 5.24. The first-order valence-corrected chi connectivity index (χ1v) is 8.32. The van der Waals surface area contributed by atoms with E-state index in [1.165, 1.54) is 71.0 Å². The van der Waals surface area contributed by atoms with Crippen LogP contribution in [0.4, 0.5) is 5.82 Å². The van der Waals surface area contributed by atoms with Crippen LogP contribution in [0.15, 0.2) is 12.3 Å². The summed E-state index contributed by atoms with van der Waals surface area (Å²) in [5, 5.41) is 4.34. The summed E-state index contributed by atoms with van der Waals surface area (Å²) in [4.78, 5) is 2.61. The van der Waals surface area contributed by atoms with E-state index in [0.29, 0.717) is 11.9 Å². The standard InChI is InChI=1S/C16H30N4/c1-2-3-4-5-6-7-11-19-12-8-15(9-13-19)20-14-10-16(17)18-20/h10,14-15H,2-9,11-13H2,1H3,(H2,17,18). The summed E-state index contributed by atoms with van der Waals surface area (Å²) in [6.07, 6.45) is 12.8. The Morgan fingerprint density at radius 1 is 1.15 bits per heavy atom. The summed E-state index contributed by atoms with van der Waals surface area (Å²) in [7, 11) is 0. The Morgan fingerprint density at radius 3 is 2.50 bits per heavy atom. The maximum Gasteiger partial charge on any atom is 0.145 e. The number of hydrogen-bond acceptors (Lipinski definition) is 3. The molecule has 1 fully saturated rings. The minimum absolute atomic E-state index is 0.549. The van der Waals surface area contributed by atoms with Crippen molar-refractivity contribution in [2.75, 3.05) is 25.4 Å². The molecule has 0 radical (unpaired) electrons. The maximum absolute atomic E-state index is 5.69. The molecular weight excluding hydrogens is 248 g/mol. The van der Waals surface area contributed by atoms with Gasteiger partial charge in [0.15, 0.2) is 0 Å². The van der Waals surface area contributed by atoms with Crippen LogP contribution in [-0.4, -0.2) is 34.3 Å². The Balaban J connectivity index is 1.57. The zero-order valence-electron chi connectivity index (χ0n) is 12.9. The number of piperidine rings is 1. The van der Waals surface area contributed by atoms with Gasteiger partial charge < -0.3 is 10.6 Å². The number of hydrogen-bond donors (Lipinski definition) is 1. The molecule has 2 N–H and O–H groups in total. The van der Waals surface area contributed by atoms with E-state index in [0.717, 1.165) is 0 Å². The van der Waals surface area contributed by atoms with Crippen molar-refractivity contribution in [3.8, 4) is 0 Å². The first-order valence-electron chi connectivity index (χ1n) is 8.32. The molecule has 0 unspecified atom stereocenters. The van der Waals surface area contributed by atoms with Crippen LogP contribution < -0.4 is 5.73 Å². The summed E-state index contributed by atoms with van der Waals surface area (Å²) in [6.45, 7) is 5.97. The summed E-state index contributed by atoms with van der Waals surface area (Å²) in [5.41, 5.74) is 5.69. The molecule has 1 aliphatic heterocycles. The van der Waals surface area contributed by atoms with Gasteiger partial charge in [-0.15, -0.1) is 0 Å². The topological polar surface area (TPSA) is 47.1 Å². The van der Waals surface area contributed by atoms with Crippen LogP contribution in [0.25, 0.3) is 0 Å². The minimum Gasteiger partial charge on any atom is -0.382 e. The van der Waals surface area contributed by atoms with Gasteiger partial charge in [0, 0.05) is 19.3 Å². The second kappa shape index (κ2) is 8.30. The van der Waals surface area contributed by atoms with Crippen molar-refractivity contribution in [1.29, 1.82) is 0 Å². The molecule has 0 spiro atoms. The average Bonchev–Trinajstić information content (AvgIpc) is 2.90. The number of anilines is 1. The second-order valence-corrected chi connectivity index (χ2v) is 6.06. The maximum atomic E-state index is 5.69. The molecular formula is C16H30N4. The Labute approximate surface area is 123 Å². The monoisotopic (exact) mass is 278 g/mol. The molecule has 1 saturated heterocycles. The summed E-state index contributed by atoms with van der Waals surface area (Å²) in [5.74, 6) is 0.638. The van der Waals surface area contributed by atoms with E-state index in [1.54, 1.807) is 0 Å². The lowest BCUT2D eigenvalue weighted by Crippen LogP contribution is -2.35. The van der Waals surface area contributed by atoms with Crippen molar-refractivity contribution < 1.29 is 0 Å². The number of nitrogen functional groups attached to an aromatic ring is 1. The lowest BCUT2D eigenvalue weighted by Gasteiger charge is -2.32. The minimum atomic E-state index is 0.549. The van der Waals surface area contributed by atoms with Gasteiger partial charge in [-0.05, 0) is 31.9 Å². The van der Waals surface area contributed by atoms with Crippen molar-refractivity contribution in [3.05, 3.63) is 12.3 Å². The summed E-state index contributed by atoms with van der Waals surface area (Å²) < 4.78 is 2.05. The Hall–Kier alpha value is -1.03. The third-order valence-corrected chi connectivity index (χ3v) is 4.39. The van der Waals surface area contributed by atoms with Crippen LogP contribution >= 0.6 is 0 Å². The highest BCUT2D eigenvalue weighted by Crippen LogP contribution is 2.22. The number of nitrogens with zero attached hydrogens (tertiary/aromatic N) is 3. The van der Waals surface area contributed by atoms with Crippen LogP contribution in [0, 0.1) is 0 Å². The highest BCUT2D eigenvalue weighted by Gasteiger charge is 2.20. The predicted molar refractivity (Wildman–Crippen MR) is 84.7 cm³/mol. The normalized spacial score (nSPS) is 17.6. The van der Waals surface area contributed by atoms with Crippen molar-refractivity contribution in [3.63, 3.8) is 0 Å². The highest BCUT2D eigenvalue weighted by atomic mass is 15.3. The molecule has 2 rings (SSSR count). The van der Waals surface area contributed by atoms with E-state index < -0.39 is 0 Å².